The molecule has 0 saturated heterocycles. The van der Waals surface area contributed by atoms with Crippen molar-refractivity contribution in [1.29, 1.82) is 0 Å². The van der Waals surface area contributed by atoms with Crippen molar-refractivity contribution in [3.63, 3.8) is 0 Å². The summed E-state index contributed by atoms with van der Waals surface area (Å²) in [6.45, 7) is 0. The van der Waals surface area contributed by atoms with Crippen molar-refractivity contribution in [3.05, 3.63) is 41.0 Å². The van der Waals surface area contributed by atoms with Crippen LogP contribution >= 0.6 is 0 Å². The molecule has 1 fully saturated rings. The van der Waals surface area contributed by atoms with Crippen LogP contribution in [0.15, 0.2) is 39.8 Å². The molecule has 0 unspecified atom stereocenters. The Labute approximate surface area is 109 Å². The number of nitrogens with zero attached hydrogens (tertiary/aromatic N) is 2. The van der Waals surface area contributed by atoms with Gasteiger partial charge in [0.1, 0.15) is 5.58 Å². The highest BCUT2D eigenvalue weighted by atomic mass is 16.4. The molecule has 2 heterocycles. The lowest BCUT2D eigenvalue weighted by molar-refractivity contribution is 0.532. The van der Waals surface area contributed by atoms with Gasteiger partial charge in [-0.25, -0.2) is 9.78 Å². The fourth-order valence-electron chi connectivity index (χ4n) is 3.14. The predicted molar refractivity (Wildman–Crippen MR) is 73.3 cm³/mol. The van der Waals surface area contributed by atoms with E-state index in [1.807, 2.05) is 24.3 Å². The molecule has 19 heavy (non-hydrogen) atoms. The Morgan fingerprint density at radius 1 is 1.21 bits per heavy atom. The fourth-order valence-corrected chi connectivity index (χ4v) is 3.14. The molecular formula is C15H14N2O2. The second kappa shape index (κ2) is 3.95. The number of aromatic nitrogens is 2. The first kappa shape index (κ1) is 10.8. The molecule has 0 radical (unpaired) electrons. The summed E-state index contributed by atoms with van der Waals surface area (Å²) in [4.78, 5) is 16.2. The van der Waals surface area contributed by atoms with E-state index in [4.69, 9.17) is 4.42 Å². The molecule has 1 aliphatic carbocycles. The summed E-state index contributed by atoms with van der Waals surface area (Å²) < 4.78 is 7.49. The molecule has 1 aromatic carbocycles. The van der Waals surface area contributed by atoms with E-state index in [0.717, 1.165) is 10.9 Å². The van der Waals surface area contributed by atoms with Crippen molar-refractivity contribution in [2.75, 3.05) is 0 Å². The third kappa shape index (κ3) is 1.52. The van der Waals surface area contributed by atoms with Gasteiger partial charge in [-0.05, 0) is 25.0 Å². The van der Waals surface area contributed by atoms with Crippen LogP contribution in [0.1, 0.15) is 31.7 Å². The first-order valence-electron chi connectivity index (χ1n) is 6.73. The van der Waals surface area contributed by atoms with E-state index in [0.29, 0.717) is 17.1 Å². The Hall–Kier alpha value is -2.10. The van der Waals surface area contributed by atoms with E-state index in [1.165, 1.54) is 25.7 Å². The third-order valence-corrected chi connectivity index (χ3v) is 4.05. The lowest BCUT2D eigenvalue weighted by atomic mass is 10.2. The van der Waals surface area contributed by atoms with Crippen LogP contribution in [0.4, 0.5) is 0 Å². The maximum absolute atomic E-state index is 12.0. The minimum absolute atomic E-state index is 0.342. The molecule has 4 rings (SSSR count). The lowest BCUT2D eigenvalue weighted by Gasteiger charge is -2.12. The van der Waals surface area contributed by atoms with Crippen molar-refractivity contribution in [2.24, 2.45) is 0 Å². The molecule has 0 atom stereocenters. The minimum Gasteiger partial charge on any atom is -0.421 e. The van der Waals surface area contributed by atoms with Gasteiger partial charge in [0.2, 0.25) is 0 Å². The largest absolute Gasteiger partial charge is 0.421 e. The maximum Gasteiger partial charge on any atom is 0.364 e. The Morgan fingerprint density at radius 3 is 2.84 bits per heavy atom. The highest BCUT2D eigenvalue weighted by Crippen LogP contribution is 2.33. The SMILES string of the molecule is O=c1oc2ccccc2c2c1ncn2C1CCCC1. The zero-order valence-electron chi connectivity index (χ0n) is 10.5. The first-order valence-corrected chi connectivity index (χ1v) is 6.73. The van der Waals surface area contributed by atoms with E-state index >= 15 is 0 Å². The second-order valence-corrected chi connectivity index (χ2v) is 5.17. The average molecular weight is 254 g/mol. The van der Waals surface area contributed by atoms with E-state index < -0.39 is 0 Å². The predicted octanol–water partition coefficient (Wildman–Crippen LogP) is 3.26. The molecule has 0 N–H and O–H groups in total. The van der Waals surface area contributed by atoms with Gasteiger partial charge in [-0.2, -0.15) is 0 Å². The van der Waals surface area contributed by atoms with Crippen LogP contribution in [0.2, 0.25) is 0 Å². The zero-order valence-corrected chi connectivity index (χ0v) is 10.5. The third-order valence-electron chi connectivity index (χ3n) is 4.05. The van der Waals surface area contributed by atoms with Gasteiger partial charge in [0.25, 0.3) is 0 Å². The number of fused-ring (bicyclic) bond motifs is 3. The van der Waals surface area contributed by atoms with Crippen molar-refractivity contribution in [1.82, 2.24) is 9.55 Å². The number of hydrogen-bond acceptors (Lipinski definition) is 3. The van der Waals surface area contributed by atoms with Crippen LogP contribution < -0.4 is 5.63 Å². The van der Waals surface area contributed by atoms with E-state index in [-0.39, 0.29) is 5.63 Å². The lowest BCUT2D eigenvalue weighted by Crippen LogP contribution is -2.05. The van der Waals surface area contributed by atoms with Crippen molar-refractivity contribution < 1.29 is 4.42 Å². The van der Waals surface area contributed by atoms with Gasteiger partial charge < -0.3 is 8.98 Å². The van der Waals surface area contributed by atoms with Crippen molar-refractivity contribution in [3.8, 4) is 0 Å². The van der Waals surface area contributed by atoms with Crippen molar-refractivity contribution in [2.45, 2.75) is 31.7 Å². The molecule has 96 valence electrons. The quantitative estimate of drug-likeness (QED) is 0.626. The van der Waals surface area contributed by atoms with E-state index in [1.54, 1.807) is 6.33 Å². The van der Waals surface area contributed by atoms with E-state index in [9.17, 15) is 4.79 Å². The van der Waals surface area contributed by atoms with Crippen LogP contribution in [-0.2, 0) is 0 Å². The van der Waals surface area contributed by atoms with Crippen LogP contribution in [0, 0.1) is 0 Å². The number of imidazole rings is 1. The summed E-state index contributed by atoms with van der Waals surface area (Å²) in [6.07, 6.45) is 6.64. The monoisotopic (exact) mass is 254 g/mol. The van der Waals surface area contributed by atoms with Crippen LogP contribution in [0.5, 0.6) is 0 Å². The molecule has 2 aromatic heterocycles. The smallest absolute Gasteiger partial charge is 0.364 e. The average Bonchev–Trinajstić information content (AvgIpc) is 3.08. The first-order chi connectivity index (χ1) is 9.34. The van der Waals surface area contributed by atoms with Gasteiger partial charge in [0.15, 0.2) is 5.52 Å². The molecular weight excluding hydrogens is 240 g/mol. The molecule has 1 saturated carbocycles. The van der Waals surface area contributed by atoms with Gasteiger partial charge in [-0.3, -0.25) is 0 Å². The number of benzene rings is 1. The van der Waals surface area contributed by atoms with Crippen LogP contribution in [-0.4, -0.2) is 9.55 Å². The summed E-state index contributed by atoms with van der Waals surface area (Å²) in [5, 5.41) is 0.974. The Kier molecular flexibility index (Phi) is 2.24. The maximum atomic E-state index is 12.0. The normalized spacial score (nSPS) is 16.6. The molecule has 0 aliphatic heterocycles. The van der Waals surface area contributed by atoms with Crippen molar-refractivity contribution >= 4 is 22.0 Å². The summed E-state index contributed by atoms with van der Waals surface area (Å²) in [5.74, 6) is 0. The zero-order chi connectivity index (χ0) is 12.8. The summed E-state index contributed by atoms with van der Waals surface area (Å²) in [5.41, 5.74) is 1.68. The van der Waals surface area contributed by atoms with Gasteiger partial charge in [-0.1, -0.05) is 25.0 Å². The fraction of sp³-hybridized carbons (Fsp3) is 0.333. The Balaban J connectivity index is 2.12. The van der Waals surface area contributed by atoms with Gasteiger partial charge in [-0.15, -0.1) is 0 Å². The second-order valence-electron chi connectivity index (χ2n) is 5.17. The number of rotatable bonds is 1. The van der Waals surface area contributed by atoms with Crippen LogP contribution in [0.25, 0.3) is 22.0 Å². The van der Waals surface area contributed by atoms with Crippen LogP contribution in [0.3, 0.4) is 0 Å². The topological polar surface area (TPSA) is 48.0 Å². The molecule has 0 amide bonds. The molecule has 4 heteroatoms. The molecule has 4 nitrogen and oxygen atoms in total. The summed E-state index contributed by atoms with van der Waals surface area (Å²) in [6, 6.07) is 8.15. The standard InChI is InChI=1S/C15H14N2O2/c18-15-13-14(11-7-3-4-8-12(11)19-15)17(9-16-13)10-5-1-2-6-10/h3-4,7-10H,1-2,5-6H2. The molecule has 3 aromatic rings. The van der Waals surface area contributed by atoms with Gasteiger partial charge >= 0.3 is 5.63 Å². The minimum atomic E-state index is -0.342. The highest BCUT2D eigenvalue weighted by Gasteiger charge is 2.21. The number of hydrogen-bond donors (Lipinski definition) is 0. The van der Waals surface area contributed by atoms with Gasteiger partial charge in [0, 0.05) is 11.4 Å². The number of para-hydroxylation sites is 1. The molecule has 0 spiro atoms. The summed E-state index contributed by atoms with van der Waals surface area (Å²) in [7, 11) is 0. The van der Waals surface area contributed by atoms with Gasteiger partial charge in [0.05, 0.1) is 11.8 Å². The van der Waals surface area contributed by atoms with E-state index in [2.05, 4.69) is 9.55 Å². The Bertz CT molecular complexity index is 810. The molecule has 1 aliphatic rings. The Morgan fingerprint density at radius 2 is 2.00 bits per heavy atom. The summed E-state index contributed by atoms with van der Waals surface area (Å²) >= 11 is 0. The highest BCUT2D eigenvalue weighted by molar-refractivity contribution is 6.00. The molecule has 0 bridgehead atoms.